The largest absolute Gasteiger partial charge is 0.370 e. The first-order chi connectivity index (χ1) is 9.99. The number of carbonyl (C=O) groups excluding carboxylic acids is 1. The van der Waals surface area contributed by atoms with Crippen molar-refractivity contribution in [1.29, 1.82) is 5.41 Å². The summed E-state index contributed by atoms with van der Waals surface area (Å²) in [7, 11) is 0. The van der Waals surface area contributed by atoms with E-state index in [9.17, 15) is 4.79 Å². The van der Waals surface area contributed by atoms with Crippen LogP contribution in [0.1, 0.15) is 16.7 Å². The lowest BCUT2D eigenvalue weighted by Gasteiger charge is -2.14. The van der Waals surface area contributed by atoms with E-state index in [0.29, 0.717) is 0 Å². The normalized spacial score (nSPS) is 10.2. The van der Waals surface area contributed by atoms with E-state index >= 15 is 0 Å². The third kappa shape index (κ3) is 3.48. The molecule has 2 rings (SSSR count). The van der Waals surface area contributed by atoms with Crippen LogP contribution in [0.25, 0.3) is 11.1 Å². The first-order valence-electron chi connectivity index (χ1n) is 6.77. The van der Waals surface area contributed by atoms with E-state index in [1.165, 1.54) is 0 Å². The highest BCUT2D eigenvalue weighted by molar-refractivity contribution is 5.96. The summed E-state index contributed by atoms with van der Waals surface area (Å²) < 4.78 is 0. The fourth-order valence-electron chi connectivity index (χ4n) is 2.45. The zero-order chi connectivity index (χ0) is 15.4. The molecule has 4 heteroatoms. The van der Waals surface area contributed by atoms with E-state index in [-0.39, 0.29) is 18.3 Å². The Morgan fingerprint density at radius 3 is 2.43 bits per heavy atom. The van der Waals surface area contributed by atoms with Crippen molar-refractivity contribution in [2.24, 2.45) is 5.73 Å². The van der Waals surface area contributed by atoms with Gasteiger partial charge in [-0.25, -0.2) is 0 Å². The van der Waals surface area contributed by atoms with Crippen molar-refractivity contribution >= 4 is 11.9 Å². The molecule has 2 aromatic rings. The summed E-state index contributed by atoms with van der Waals surface area (Å²) in [5, 5.41) is 9.45. The van der Waals surface area contributed by atoms with Crippen LogP contribution >= 0.6 is 0 Å². The molecular weight excluding hydrogens is 262 g/mol. The van der Waals surface area contributed by atoms with Crippen molar-refractivity contribution in [3.8, 4) is 11.1 Å². The van der Waals surface area contributed by atoms with Crippen molar-refractivity contribution in [2.45, 2.75) is 20.3 Å². The summed E-state index contributed by atoms with van der Waals surface area (Å²) in [6.45, 7) is 4.00. The molecule has 0 saturated carbocycles. The lowest BCUT2D eigenvalue weighted by molar-refractivity contribution is -0.119. The second-order valence-electron chi connectivity index (χ2n) is 5.04. The van der Waals surface area contributed by atoms with E-state index in [2.05, 4.69) is 23.5 Å². The third-order valence-electron chi connectivity index (χ3n) is 3.53. The van der Waals surface area contributed by atoms with E-state index in [4.69, 9.17) is 11.1 Å². The fourth-order valence-corrected chi connectivity index (χ4v) is 2.45. The van der Waals surface area contributed by atoms with Crippen LogP contribution in [0.4, 0.5) is 0 Å². The standard InChI is InChI=1S/C17H19N3O/c1-11-8-9-14(13-6-4-3-5-7-13)12(2)15(11)10-16(21)20-17(18)19/h3-9H,10H2,1-2H3,(H4,18,19,20,21). The average Bonchev–Trinajstić information content (AvgIpc) is 2.43. The Morgan fingerprint density at radius 2 is 1.81 bits per heavy atom. The maximum absolute atomic E-state index is 11.8. The molecule has 0 aliphatic rings. The molecule has 1 amide bonds. The van der Waals surface area contributed by atoms with Crippen LogP contribution in [-0.4, -0.2) is 11.9 Å². The number of hydrogen-bond acceptors (Lipinski definition) is 2. The van der Waals surface area contributed by atoms with Crippen molar-refractivity contribution < 1.29 is 4.79 Å². The molecule has 108 valence electrons. The van der Waals surface area contributed by atoms with Gasteiger partial charge >= 0.3 is 0 Å². The number of rotatable bonds is 3. The Bertz CT molecular complexity index is 678. The summed E-state index contributed by atoms with van der Waals surface area (Å²) in [5.41, 5.74) is 10.6. The fraction of sp³-hybridized carbons (Fsp3) is 0.176. The van der Waals surface area contributed by atoms with E-state index in [1.54, 1.807) is 0 Å². The number of nitrogens with one attached hydrogen (secondary N) is 2. The molecule has 0 aliphatic carbocycles. The molecule has 0 spiro atoms. The number of amides is 1. The second kappa shape index (κ2) is 6.22. The van der Waals surface area contributed by atoms with Gasteiger partial charge in [-0.2, -0.15) is 0 Å². The van der Waals surface area contributed by atoms with Gasteiger partial charge in [-0.1, -0.05) is 42.5 Å². The van der Waals surface area contributed by atoms with E-state index < -0.39 is 0 Å². The summed E-state index contributed by atoms with van der Waals surface area (Å²) in [5.74, 6) is -0.589. The lowest BCUT2D eigenvalue weighted by atomic mass is 9.91. The number of carbonyl (C=O) groups is 1. The lowest BCUT2D eigenvalue weighted by Crippen LogP contribution is -2.36. The Morgan fingerprint density at radius 1 is 1.14 bits per heavy atom. The summed E-state index contributed by atoms with van der Waals surface area (Å²) >= 11 is 0. The predicted octanol–water partition coefficient (Wildman–Crippen LogP) is 2.52. The Labute approximate surface area is 124 Å². The van der Waals surface area contributed by atoms with Gasteiger partial charge < -0.3 is 5.73 Å². The minimum absolute atomic E-state index is 0.220. The van der Waals surface area contributed by atoms with Gasteiger partial charge in [0.1, 0.15) is 0 Å². The smallest absolute Gasteiger partial charge is 0.231 e. The van der Waals surface area contributed by atoms with Gasteiger partial charge in [0, 0.05) is 0 Å². The summed E-state index contributed by atoms with van der Waals surface area (Å²) in [4.78, 5) is 11.8. The van der Waals surface area contributed by atoms with Crippen molar-refractivity contribution in [3.05, 3.63) is 59.2 Å². The summed E-state index contributed by atoms with van der Waals surface area (Å²) in [6, 6.07) is 14.2. The summed E-state index contributed by atoms with van der Waals surface area (Å²) in [6.07, 6.45) is 0.220. The van der Waals surface area contributed by atoms with Crippen LogP contribution < -0.4 is 11.1 Å². The van der Waals surface area contributed by atoms with Crippen molar-refractivity contribution in [3.63, 3.8) is 0 Å². The molecular formula is C17H19N3O. The highest BCUT2D eigenvalue weighted by Crippen LogP contribution is 2.27. The van der Waals surface area contributed by atoms with Gasteiger partial charge in [0.05, 0.1) is 6.42 Å². The zero-order valence-corrected chi connectivity index (χ0v) is 12.2. The van der Waals surface area contributed by atoms with Gasteiger partial charge in [-0.05, 0) is 41.7 Å². The molecule has 0 aliphatic heterocycles. The van der Waals surface area contributed by atoms with Crippen LogP contribution in [0.15, 0.2) is 42.5 Å². The average molecular weight is 281 g/mol. The molecule has 0 heterocycles. The zero-order valence-electron chi connectivity index (χ0n) is 12.2. The molecule has 2 aromatic carbocycles. The second-order valence-corrected chi connectivity index (χ2v) is 5.04. The maximum Gasteiger partial charge on any atom is 0.231 e. The van der Waals surface area contributed by atoms with Crippen LogP contribution in [0, 0.1) is 19.3 Å². The van der Waals surface area contributed by atoms with Gasteiger partial charge in [0.15, 0.2) is 5.96 Å². The quantitative estimate of drug-likeness (QED) is 0.597. The Balaban J connectivity index is 2.38. The van der Waals surface area contributed by atoms with Crippen LogP contribution in [0.2, 0.25) is 0 Å². The Hall–Kier alpha value is -2.62. The molecule has 21 heavy (non-hydrogen) atoms. The van der Waals surface area contributed by atoms with Crippen LogP contribution in [0.3, 0.4) is 0 Å². The van der Waals surface area contributed by atoms with Gasteiger partial charge in [0.25, 0.3) is 0 Å². The molecule has 4 nitrogen and oxygen atoms in total. The van der Waals surface area contributed by atoms with E-state index in [1.807, 2.05) is 38.1 Å². The van der Waals surface area contributed by atoms with E-state index in [0.717, 1.165) is 27.8 Å². The maximum atomic E-state index is 11.8. The highest BCUT2D eigenvalue weighted by Gasteiger charge is 2.13. The topological polar surface area (TPSA) is 79.0 Å². The molecule has 4 N–H and O–H groups in total. The molecule has 0 saturated heterocycles. The number of guanidine groups is 1. The monoisotopic (exact) mass is 281 g/mol. The van der Waals surface area contributed by atoms with Gasteiger partial charge in [-0.15, -0.1) is 0 Å². The van der Waals surface area contributed by atoms with Gasteiger partial charge in [0.2, 0.25) is 5.91 Å². The molecule has 0 atom stereocenters. The number of nitrogens with two attached hydrogens (primary N) is 1. The molecule has 0 fully saturated rings. The molecule has 0 unspecified atom stereocenters. The van der Waals surface area contributed by atoms with Crippen molar-refractivity contribution in [2.75, 3.05) is 0 Å². The molecule has 0 radical (unpaired) electrons. The predicted molar refractivity (Wildman–Crippen MR) is 85.1 cm³/mol. The highest BCUT2D eigenvalue weighted by atomic mass is 16.1. The number of aryl methyl sites for hydroxylation is 1. The minimum Gasteiger partial charge on any atom is -0.370 e. The number of hydrogen-bond donors (Lipinski definition) is 3. The first kappa shape index (κ1) is 14.8. The first-order valence-corrected chi connectivity index (χ1v) is 6.77. The van der Waals surface area contributed by atoms with Crippen LogP contribution in [0.5, 0.6) is 0 Å². The van der Waals surface area contributed by atoms with Crippen molar-refractivity contribution in [1.82, 2.24) is 5.32 Å². The SMILES string of the molecule is Cc1ccc(-c2ccccc2)c(C)c1CC(=O)NC(=N)N. The van der Waals surface area contributed by atoms with Crippen LogP contribution in [-0.2, 0) is 11.2 Å². The molecule has 0 bridgehead atoms. The Kier molecular flexibility index (Phi) is 4.38. The third-order valence-corrected chi connectivity index (χ3v) is 3.53. The minimum atomic E-state index is -0.325. The van der Waals surface area contributed by atoms with Gasteiger partial charge in [-0.3, -0.25) is 15.5 Å². The molecule has 0 aromatic heterocycles. The number of benzene rings is 2.